The lowest BCUT2D eigenvalue weighted by Gasteiger charge is -2.33. The van der Waals surface area contributed by atoms with E-state index >= 15 is 0 Å². The summed E-state index contributed by atoms with van der Waals surface area (Å²) in [6.45, 7) is 8.62. The Morgan fingerprint density at radius 1 is 1.40 bits per heavy atom. The number of hydrogen-bond donors (Lipinski definition) is 1. The number of aromatic nitrogens is 1. The molecule has 1 aliphatic heterocycles. The van der Waals surface area contributed by atoms with Crippen LogP contribution in [0.3, 0.4) is 0 Å². The zero-order valence-corrected chi connectivity index (χ0v) is 13.1. The summed E-state index contributed by atoms with van der Waals surface area (Å²) in [5, 5.41) is 4.03. The van der Waals surface area contributed by atoms with Crippen molar-refractivity contribution in [1.29, 1.82) is 0 Å². The standard InChI is InChI=1S/C15H24ClN3O/c1-3-17-10-12-9-14(16)15(18-11-12)19-7-5-13(6-8-19)20-4-2/h9,11,13,17H,3-8,10H2,1-2H3. The third-order valence-electron chi connectivity index (χ3n) is 3.60. The van der Waals surface area contributed by atoms with Gasteiger partial charge in [0.05, 0.1) is 11.1 Å². The molecule has 0 saturated carbocycles. The van der Waals surface area contributed by atoms with Gasteiger partial charge in [-0.25, -0.2) is 4.98 Å². The van der Waals surface area contributed by atoms with Gasteiger partial charge in [-0.1, -0.05) is 18.5 Å². The molecule has 0 radical (unpaired) electrons. The fraction of sp³-hybridized carbons (Fsp3) is 0.667. The highest BCUT2D eigenvalue weighted by Gasteiger charge is 2.21. The summed E-state index contributed by atoms with van der Waals surface area (Å²) >= 11 is 6.38. The Morgan fingerprint density at radius 2 is 2.15 bits per heavy atom. The van der Waals surface area contributed by atoms with Crippen LogP contribution in [0.1, 0.15) is 32.3 Å². The minimum Gasteiger partial charge on any atom is -0.378 e. The maximum absolute atomic E-state index is 6.38. The van der Waals surface area contributed by atoms with Crippen LogP contribution in [-0.4, -0.2) is 37.3 Å². The Labute approximate surface area is 126 Å². The maximum Gasteiger partial charge on any atom is 0.147 e. The number of nitrogens with one attached hydrogen (secondary N) is 1. The van der Waals surface area contributed by atoms with Crippen molar-refractivity contribution in [2.24, 2.45) is 0 Å². The van der Waals surface area contributed by atoms with Crippen LogP contribution >= 0.6 is 11.6 Å². The van der Waals surface area contributed by atoms with Crippen molar-refractivity contribution in [3.8, 4) is 0 Å². The van der Waals surface area contributed by atoms with E-state index < -0.39 is 0 Å². The average molecular weight is 298 g/mol. The first kappa shape index (κ1) is 15.5. The van der Waals surface area contributed by atoms with Crippen LogP contribution in [0.2, 0.25) is 5.02 Å². The third-order valence-corrected chi connectivity index (χ3v) is 3.88. The summed E-state index contributed by atoms with van der Waals surface area (Å²) < 4.78 is 5.67. The Morgan fingerprint density at radius 3 is 2.75 bits per heavy atom. The van der Waals surface area contributed by atoms with Crippen LogP contribution in [0.5, 0.6) is 0 Å². The van der Waals surface area contributed by atoms with E-state index in [9.17, 15) is 0 Å². The zero-order chi connectivity index (χ0) is 14.4. The Balaban J connectivity index is 1.96. The summed E-state index contributed by atoms with van der Waals surface area (Å²) in [6, 6.07) is 2.02. The predicted molar refractivity (Wildman–Crippen MR) is 83.5 cm³/mol. The van der Waals surface area contributed by atoms with Gasteiger partial charge in [-0.15, -0.1) is 0 Å². The molecule has 0 amide bonds. The number of hydrogen-bond acceptors (Lipinski definition) is 4. The molecule has 0 aromatic carbocycles. The number of pyridine rings is 1. The zero-order valence-electron chi connectivity index (χ0n) is 12.4. The van der Waals surface area contributed by atoms with Gasteiger partial charge >= 0.3 is 0 Å². The van der Waals surface area contributed by atoms with Crippen LogP contribution in [0.25, 0.3) is 0 Å². The highest BCUT2D eigenvalue weighted by Crippen LogP contribution is 2.27. The van der Waals surface area contributed by atoms with E-state index in [0.717, 1.165) is 62.0 Å². The highest BCUT2D eigenvalue weighted by molar-refractivity contribution is 6.33. The van der Waals surface area contributed by atoms with E-state index in [0.29, 0.717) is 6.10 Å². The van der Waals surface area contributed by atoms with E-state index in [1.54, 1.807) is 0 Å². The quantitative estimate of drug-likeness (QED) is 0.876. The van der Waals surface area contributed by atoms with Crippen LogP contribution in [0.4, 0.5) is 5.82 Å². The van der Waals surface area contributed by atoms with E-state index in [2.05, 4.69) is 22.1 Å². The van der Waals surface area contributed by atoms with Crippen molar-refractivity contribution in [2.45, 2.75) is 39.3 Å². The van der Waals surface area contributed by atoms with Gasteiger partial charge in [0.15, 0.2) is 0 Å². The minimum atomic E-state index is 0.392. The maximum atomic E-state index is 6.38. The van der Waals surface area contributed by atoms with Crippen molar-refractivity contribution < 1.29 is 4.74 Å². The molecule has 1 aromatic rings. The second-order valence-electron chi connectivity index (χ2n) is 5.07. The van der Waals surface area contributed by atoms with Crippen molar-refractivity contribution in [2.75, 3.05) is 31.1 Å². The smallest absolute Gasteiger partial charge is 0.147 e. The van der Waals surface area contributed by atoms with Crippen LogP contribution in [-0.2, 0) is 11.3 Å². The third kappa shape index (κ3) is 4.08. The first-order valence-electron chi connectivity index (χ1n) is 7.46. The first-order chi connectivity index (χ1) is 9.74. The largest absolute Gasteiger partial charge is 0.378 e. The number of ether oxygens (including phenoxy) is 1. The molecule has 2 heterocycles. The van der Waals surface area contributed by atoms with E-state index in [-0.39, 0.29) is 0 Å². The number of piperidine rings is 1. The molecule has 1 aliphatic rings. The first-order valence-corrected chi connectivity index (χ1v) is 7.84. The lowest BCUT2D eigenvalue weighted by Crippen LogP contribution is -2.37. The van der Waals surface area contributed by atoms with E-state index in [1.807, 2.05) is 19.2 Å². The molecule has 1 saturated heterocycles. The molecule has 112 valence electrons. The number of rotatable bonds is 6. The van der Waals surface area contributed by atoms with Crippen molar-refractivity contribution >= 4 is 17.4 Å². The molecular weight excluding hydrogens is 274 g/mol. The minimum absolute atomic E-state index is 0.392. The highest BCUT2D eigenvalue weighted by atomic mass is 35.5. The van der Waals surface area contributed by atoms with E-state index in [4.69, 9.17) is 16.3 Å². The van der Waals surface area contributed by atoms with Gasteiger partial charge in [0.2, 0.25) is 0 Å². The van der Waals surface area contributed by atoms with Gasteiger partial charge in [-0.3, -0.25) is 0 Å². The molecule has 1 N–H and O–H groups in total. The SMILES string of the molecule is CCNCc1cnc(N2CCC(OCC)CC2)c(Cl)c1. The second kappa shape index (κ2) is 7.81. The summed E-state index contributed by atoms with van der Waals surface area (Å²) in [6.07, 6.45) is 4.40. The lowest BCUT2D eigenvalue weighted by molar-refractivity contribution is 0.0458. The lowest BCUT2D eigenvalue weighted by atomic mass is 10.1. The number of halogens is 1. The van der Waals surface area contributed by atoms with E-state index in [1.165, 1.54) is 0 Å². The van der Waals surface area contributed by atoms with Gasteiger partial charge in [-0.05, 0) is 37.9 Å². The molecular formula is C15H24ClN3O. The number of nitrogens with zero attached hydrogens (tertiary/aromatic N) is 2. The van der Waals surface area contributed by atoms with Gasteiger partial charge in [0, 0.05) is 32.4 Å². The van der Waals surface area contributed by atoms with Crippen LogP contribution < -0.4 is 10.2 Å². The summed E-state index contributed by atoms with van der Waals surface area (Å²) in [4.78, 5) is 6.80. The molecule has 0 aliphatic carbocycles. The molecule has 0 bridgehead atoms. The van der Waals surface area contributed by atoms with Gasteiger partial charge < -0.3 is 15.0 Å². The molecule has 1 aromatic heterocycles. The molecule has 0 spiro atoms. The summed E-state index contributed by atoms with van der Waals surface area (Å²) in [7, 11) is 0. The Hall–Kier alpha value is -0.840. The molecule has 0 unspecified atom stereocenters. The second-order valence-corrected chi connectivity index (χ2v) is 5.48. The fourth-order valence-electron chi connectivity index (χ4n) is 2.54. The average Bonchev–Trinajstić information content (AvgIpc) is 2.47. The number of anilines is 1. The normalized spacial score (nSPS) is 16.6. The monoisotopic (exact) mass is 297 g/mol. The van der Waals surface area contributed by atoms with Gasteiger partial charge in [0.1, 0.15) is 5.82 Å². The predicted octanol–water partition coefficient (Wildman–Crippen LogP) is 2.85. The molecule has 4 nitrogen and oxygen atoms in total. The summed E-state index contributed by atoms with van der Waals surface area (Å²) in [5.74, 6) is 0.905. The van der Waals surface area contributed by atoms with Gasteiger partial charge in [0.25, 0.3) is 0 Å². The Bertz CT molecular complexity index is 420. The Kier molecular flexibility index (Phi) is 6.07. The molecule has 20 heavy (non-hydrogen) atoms. The van der Waals surface area contributed by atoms with Crippen molar-refractivity contribution in [3.05, 3.63) is 22.8 Å². The van der Waals surface area contributed by atoms with Crippen molar-refractivity contribution in [1.82, 2.24) is 10.3 Å². The van der Waals surface area contributed by atoms with Gasteiger partial charge in [-0.2, -0.15) is 0 Å². The fourth-order valence-corrected chi connectivity index (χ4v) is 2.85. The molecule has 2 rings (SSSR count). The van der Waals surface area contributed by atoms with Crippen LogP contribution in [0.15, 0.2) is 12.3 Å². The molecule has 0 atom stereocenters. The van der Waals surface area contributed by atoms with Crippen molar-refractivity contribution in [3.63, 3.8) is 0 Å². The summed E-state index contributed by atoms with van der Waals surface area (Å²) in [5.41, 5.74) is 1.13. The molecule has 1 fully saturated rings. The van der Waals surface area contributed by atoms with Crippen LogP contribution in [0, 0.1) is 0 Å². The topological polar surface area (TPSA) is 37.4 Å². The molecule has 5 heteroatoms.